The minimum atomic E-state index is -0.537. The van der Waals surface area contributed by atoms with E-state index in [0.717, 1.165) is 44.4 Å². The molecule has 0 saturated carbocycles. The quantitative estimate of drug-likeness (QED) is 0.444. The van der Waals surface area contributed by atoms with Crippen molar-refractivity contribution in [3.05, 3.63) is 60.3 Å². The maximum absolute atomic E-state index is 12.6. The van der Waals surface area contributed by atoms with Crippen LogP contribution in [0.1, 0.15) is 31.1 Å². The van der Waals surface area contributed by atoms with Gasteiger partial charge >= 0.3 is 0 Å². The molecule has 2 aromatic heterocycles. The summed E-state index contributed by atoms with van der Waals surface area (Å²) in [6.07, 6.45) is 1.88. The summed E-state index contributed by atoms with van der Waals surface area (Å²) in [6.45, 7) is 5.69. The highest BCUT2D eigenvalue weighted by atomic mass is 16.5. The molecule has 26 heavy (non-hydrogen) atoms. The lowest BCUT2D eigenvalue weighted by molar-refractivity contribution is 0.0928. The molecule has 0 N–H and O–H groups in total. The van der Waals surface area contributed by atoms with Crippen molar-refractivity contribution in [2.75, 3.05) is 0 Å². The van der Waals surface area contributed by atoms with Gasteiger partial charge in [0.2, 0.25) is 5.91 Å². The van der Waals surface area contributed by atoms with E-state index in [0.29, 0.717) is 0 Å². The number of ether oxygens (including phenoxy) is 1. The van der Waals surface area contributed by atoms with Crippen molar-refractivity contribution >= 4 is 27.7 Å². The minimum Gasteiger partial charge on any atom is -0.480 e. The van der Waals surface area contributed by atoms with Crippen LogP contribution in [0.4, 0.5) is 0 Å². The van der Waals surface area contributed by atoms with Crippen molar-refractivity contribution in [3.8, 4) is 17.0 Å². The van der Waals surface area contributed by atoms with Crippen LogP contribution in [0.3, 0.4) is 0 Å². The molecular weight excluding hydrogens is 324 g/mol. The van der Waals surface area contributed by atoms with Crippen LogP contribution in [-0.4, -0.2) is 15.5 Å². The lowest BCUT2D eigenvalue weighted by Gasteiger charge is -2.34. The third kappa shape index (κ3) is 1.84. The molecule has 4 nitrogen and oxygen atoms in total. The number of para-hydroxylation sites is 2. The zero-order chi connectivity index (χ0) is 18.1. The summed E-state index contributed by atoms with van der Waals surface area (Å²) in [5.74, 6) is 0.738. The SMILES string of the molecule is CC(=O)n1c2c(c3ccccc31)OC(C)(C)c1cnc3ccccc3c1-2. The molecule has 3 heterocycles. The van der Waals surface area contributed by atoms with Gasteiger partial charge in [-0.3, -0.25) is 14.3 Å². The number of carbonyl (C=O) groups excluding carboxylic acids is 1. The predicted molar refractivity (Wildman–Crippen MR) is 103 cm³/mol. The molecular formula is C22H18N2O2. The van der Waals surface area contributed by atoms with E-state index in [4.69, 9.17) is 4.74 Å². The van der Waals surface area contributed by atoms with Gasteiger partial charge in [0.1, 0.15) is 11.3 Å². The molecule has 0 spiro atoms. The van der Waals surface area contributed by atoms with Crippen molar-refractivity contribution in [1.82, 2.24) is 9.55 Å². The first kappa shape index (κ1) is 15.1. The number of rotatable bonds is 0. The first-order valence-electron chi connectivity index (χ1n) is 8.71. The Morgan fingerprint density at radius 3 is 2.50 bits per heavy atom. The molecule has 0 amide bonds. The number of aromatic nitrogens is 2. The van der Waals surface area contributed by atoms with Gasteiger partial charge in [0.25, 0.3) is 0 Å². The molecule has 0 radical (unpaired) electrons. The van der Waals surface area contributed by atoms with Gasteiger partial charge in [-0.1, -0.05) is 30.3 Å². The van der Waals surface area contributed by atoms with Crippen molar-refractivity contribution in [2.24, 2.45) is 0 Å². The Balaban J connectivity index is 2.05. The summed E-state index contributed by atoms with van der Waals surface area (Å²) in [4.78, 5) is 17.2. The van der Waals surface area contributed by atoms with Crippen LogP contribution < -0.4 is 4.74 Å². The molecule has 128 valence electrons. The van der Waals surface area contributed by atoms with Gasteiger partial charge in [-0.05, 0) is 32.0 Å². The predicted octanol–water partition coefficient (Wildman–Crippen LogP) is 5.14. The molecule has 4 heteroatoms. The van der Waals surface area contributed by atoms with E-state index >= 15 is 0 Å². The first-order valence-corrected chi connectivity index (χ1v) is 8.71. The van der Waals surface area contributed by atoms with Gasteiger partial charge in [0, 0.05) is 35.0 Å². The summed E-state index contributed by atoms with van der Waals surface area (Å²) >= 11 is 0. The standard InChI is InChI=1S/C22H18N2O2/c1-13(25)24-18-11-7-5-9-15(18)21-20(24)19-14-8-4-6-10-17(14)23-12-16(19)22(2,3)26-21/h4-12H,1-3H3. The lowest BCUT2D eigenvalue weighted by Crippen LogP contribution is -2.30. The highest BCUT2D eigenvalue weighted by Gasteiger charge is 2.38. The molecule has 0 fully saturated rings. The molecule has 1 aliphatic heterocycles. The molecule has 0 saturated heterocycles. The Morgan fingerprint density at radius 2 is 1.73 bits per heavy atom. The number of hydrogen-bond donors (Lipinski definition) is 0. The van der Waals surface area contributed by atoms with Crippen LogP contribution in [0.15, 0.2) is 54.7 Å². The number of benzene rings is 2. The summed E-state index contributed by atoms with van der Waals surface area (Å²) in [7, 11) is 0. The molecule has 1 aliphatic rings. The average molecular weight is 342 g/mol. The van der Waals surface area contributed by atoms with Crippen LogP contribution in [0, 0.1) is 0 Å². The van der Waals surface area contributed by atoms with E-state index in [9.17, 15) is 4.79 Å². The van der Waals surface area contributed by atoms with Gasteiger partial charge in [-0.25, -0.2) is 0 Å². The maximum Gasteiger partial charge on any atom is 0.228 e. The highest BCUT2D eigenvalue weighted by Crippen LogP contribution is 2.51. The zero-order valence-electron chi connectivity index (χ0n) is 14.9. The number of nitrogens with zero attached hydrogens (tertiary/aromatic N) is 2. The Bertz CT molecular complexity index is 1220. The summed E-state index contributed by atoms with van der Waals surface area (Å²) in [5.41, 5.74) is 4.10. The lowest BCUT2D eigenvalue weighted by atomic mass is 9.87. The Hall–Kier alpha value is -3.14. The second-order valence-corrected chi connectivity index (χ2v) is 7.23. The monoisotopic (exact) mass is 342 g/mol. The summed E-state index contributed by atoms with van der Waals surface area (Å²) in [6, 6.07) is 16.0. The minimum absolute atomic E-state index is 0.0300. The number of hydrogen-bond acceptors (Lipinski definition) is 3. The van der Waals surface area contributed by atoms with Crippen LogP contribution in [-0.2, 0) is 5.60 Å². The normalized spacial score (nSPS) is 14.7. The van der Waals surface area contributed by atoms with Gasteiger partial charge in [0.15, 0.2) is 5.75 Å². The van der Waals surface area contributed by atoms with Crippen molar-refractivity contribution in [3.63, 3.8) is 0 Å². The van der Waals surface area contributed by atoms with Crippen LogP contribution in [0.2, 0.25) is 0 Å². The van der Waals surface area contributed by atoms with Crippen molar-refractivity contribution < 1.29 is 9.53 Å². The largest absolute Gasteiger partial charge is 0.480 e. The number of carbonyl (C=O) groups is 1. The van der Waals surface area contributed by atoms with Crippen molar-refractivity contribution in [1.29, 1.82) is 0 Å². The average Bonchev–Trinajstić information content (AvgIpc) is 2.95. The van der Waals surface area contributed by atoms with Gasteiger partial charge in [-0.15, -0.1) is 0 Å². The molecule has 0 atom stereocenters. The fraction of sp³-hybridized carbons (Fsp3) is 0.182. The molecule has 0 unspecified atom stereocenters. The van der Waals surface area contributed by atoms with Crippen LogP contribution in [0.25, 0.3) is 33.1 Å². The topological polar surface area (TPSA) is 44.1 Å². The third-order valence-corrected chi connectivity index (χ3v) is 5.16. The van der Waals surface area contributed by atoms with Crippen molar-refractivity contribution in [2.45, 2.75) is 26.4 Å². The number of pyridine rings is 1. The molecule has 5 rings (SSSR count). The number of fused-ring (bicyclic) bond motifs is 7. The van der Waals surface area contributed by atoms with Crippen LogP contribution >= 0.6 is 0 Å². The highest BCUT2D eigenvalue weighted by molar-refractivity contribution is 6.08. The van der Waals surface area contributed by atoms with Gasteiger partial charge in [0.05, 0.1) is 11.0 Å². The Labute approximate surface area is 151 Å². The smallest absolute Gasteiger partial charge is 0.228 e. The molecule has 0 bridgehead atoms. The second-order valence-electron chi connectivity index (χ2n) is 7.23. The molecule has 2 aromatic carbocycles. The zero-order valence-corrected chi connectivity index (χ0v) is 14.9. The van der Waals surface area contributed by atoms with E-state index < -0.39 is 5.60 Å². The molecule has 4 aromatic rings. The maximum atomic E-state index is 12.6. The Morgan fingerprint density at radius 1 is 1.04 bits per heavy atom. The van der Waals surface area contributed by atoms with E-state index in [1.807, 2.05) is 62.5 Å². The summed E-state index contributed by atoms with van der Waals surface area (Å²) < 4.78 is 8.19. The molecule has 0 aliphatic carbocycles. The Kier molecular flexibility index (Phi) is 2.88. The van der Waals surface area contributed by atoms with E-state index in [2.05, 4.69) is 11.1 Å². The third-order valence-electron chi connectivity index (χ3n) is 5.16. The van der Waals surface area contributed by atoms with Gasteiger partial charge < -0.3 is 4.74 Å². The van der Waals surface area contributed by atoms with E-state index in [-0.39, 0.29) is 5.91 Å². The summed E-state index contributed by atoms with van der Waals surface area (Å²) in [5, 5.41) is 1.99. The van der Waals surface area contributed by atoms with Gasteiger partial charge in [-0.2, -0.15) is 0 Å². The van der Waals surface area contributed by atoms with Crippen LogP contribution in [0.5, 0.6) is 5.75 Å². The fourth-order valence-corrected chi connectivity index (χ4v) is 4.03. The second kappa shape index (κ2) is 4.94. The first-order chi connectivity index (χ1) is 12.5. The van der Waals surface area contributed by atoms with E-state index in [1.54, 1.807) is 11.5 Å². The fourth-order valence-electron chi connectivity index (χ4n) is 4.03. The van der Waals surface area contributed by atoms with E-state index in [1.165, 1.54) is 0 Å².